The molecule has 8 nitrogen and oxygen atoms in total. The molecule has 1 unspecified atom stereocenters. The number of nitrogens with two attached hydrogens (primary N) is 1. The molecule has 1 saturated heterocycles. The molecule has 2 aromatic rings. The van der Waals surface area contributed by atoms with Crippen molar-refractivity contribution < 1.29 is 4.79 Å². The zero-order chi connectivity index (χ0) is 17.3. The number of H-pyrrole nitrogens is 2. The first-order valence-corrected chi connectivity index (χ1v) is 7.74. The minimum atomic E-state index is -0.781. The van der Waals surface area contributed by atoms with Gasteiger partial charge in [0.1, 0.15) is 11.4 Å². The number of nitrogens with zero attached hydrogens (tertiary/aromatic N) is 1. The van der Waals surface area contributed by atoms with Crippen LogP contribution < -0.4 is 22.3 Å². The lowest BCUT2D eigenvalue weighted by Crippen LogP contribution is -2.49. The average molecular weight is 386 g/mol. The van der Waals surface area contributed by atoms with Crippen molar-refractivity contribution in [2.75, 3.05) is 25.4 Å². The molecule has 1 atom stereocenters. The molecule has 0 bridgehead atoms. The van der Waals surface area contributed by atoms with Crippen LogP contribution in [0.3, 0.4) is 0 Å². The van der Waals surface area contributed by atoms with Gasteiger partial charge in [0.15, 0.2) is 0 Å². The number of aromatic nitrogens is 2. The summed E-state index contributed by atoms with van der Waals surface area (Å²) in [7, 11) is 0. The zero-order valence-corrected chi connectivity index (χ0v) is 14.6. The van der Waals surface area contributed by atoms with Gasteiger partial charge in [-0.3, -0.25) is 14.6 Å². The molecule has 3 rings (SSSR count). The van der Waals surface area contributed by atoms with Crippen LogP contribution in [0.15, 0.2) is 33.9 Å². The molecule has 0 saturated carbocycles. The second-order valence-electron chi connectivity index (χ2n) is 5.47. The second-order valence-corrected chi connectivity index (χ2v) is 5.91. The highest BCUT2D eigenvalue weighted by Gasteiger charge is 2.30. The number of anilines is 1. The molecule has 0 radical (unpaired) electrons. The van der Waals surface area contributed by atoms with Crippen LogP contribution >= 0.6 is 24.0 Å². The third kappa shape index (κ3) is 3.87. The first kappa shape index (κ1) is 19.0. The number of rotatable bonds is 2. The molecule has 1 aromatic carbocycles. The zero-order valence-electron chi connectivity index (χ0n) is 13.0. The van der Waals surface area contributed by atoms with E-state index in [1.54, 1.807) is 23.1 Å². The summed E-state index contributed by atoms with van der Waals surface area (Å²) < 4.78 is 0. The Morgan fingerprint density at radius 3 is 2.76 bits per heavy atom. The highest BCUT2D eigenvalue weighted by Crippen LogP contribution is 2.26. The number of amides is 1. The fraction of sp³-hybridized carbons (Fsp3) is 0.267. The number of piperazine rings is 1. The van der Waals surface area contributed by atoms with E-state index >= 15 is 0 Å². The maximum absolute atomic E-state index is 12.9. The Bertz CT molecular complexity index is 895. The van der Waals surface area contributed by atoms with Crippen LogP contribution in [0.4, 0.5) is 5.69 Å². The van der Waals surface area contributed by atoms with Gasteiger partial charge in [-0.15, -0.1) is 12.4 Å². The topological polar surface area (TPSA) is 124 Å². The van der Waals surface area contributed by atoms with Crippen molar-refractivity contribution in [1.82, 2.24) is 20.2 Å². The van der Waals surface area contributed by atoms with Crippen LogP contribution in [-0.4, -0.2) is 40.4 Å². The van der Waals surface area contributed by atoms with Gasteiger partial charge in [-0.25, -0.2) is 4.79 Å². The number of benzene rings is 1. The smallest absolute Gasteiger partial charge is 0.326 e. The third-order valence-electron chi connectivity index (χ3n) is 3.93. The van der Waals surface area contributed by atoms with Gasteiger partial charge in [-0.2, -0.15) is 0 Å². The molecular formula is C15H17Cl2N5O3. The van der Waals surface area contributed by atoms with E-state index in [1.165, 1.54) is 0 Å². The van der Waals surface area contributed by atoms with E-state index in [9.17, 15) is 14.4 Å². The molecule has 1 aliphatic heterocycles. The summed E-state index contributed by atoms with van der Waals surface area (Å²) in [4.78, 5) is 41.9. The van der Waals surface area contributed by atoms with Crippen LogP contribution in [0.2, 0.25) is 5.02 Å². The maximum Gasteiger partial charge on any atom is 0.326 e. The Labute approximate surface area is 153 Å². The van der Waals surface area contributed by atoms with E-state index in [4.69, 9.17) is 17.3 Å². The van der Waals surface area contributed by atoms with Crippen molar-refractivity contribution in [2.45, 2.75) is 6.04 Å². The van der Waals surface area contributed by atoms with Crippen LogP contribution in [0.1, 0.15) is 22.1 Å². The van der Waals surface area contributed by atoms with Gasteiger partial charge in [0.25, 0.3) is 11.5 Å². The summed E-state index contributed by atoms with van der Waals surface area (Å²) in [5.74, 6) is -0.498. The molecule has 5 N–H and O–H groups in total. The molecule has 2 heterocycles. The van der Waals surface area contributed by atoms with E-state index < -0.39 is 17.2 Å². The Hall–Kier alpha value is -2.29. The highest BCUT2D eigenvalue weighted by atomic mass is 35.5. The van der Waals surface area contributed by atoms with Crippen LogP contribution in [-0.2, 0) is 0 Å². The normalized spacial score (nSPS) is 17.0. The van der Waals surface area contributed by atoms with Gasteiger partial charge in [-0.05, 0) is 17.7 Å². The number of nitrogens with one attached hydrogen (secondary N) is 3. The number of hydrogen-bond acceptors (Lipinski definition) is 5. The van der Waals surface area contributed by atoms with E-state index in [0.29, 0.717) is 24.7 Å². The fourth-order valence-corrected chi connectivity index (χ4v) is 2.97. The minimum Gasteiger partial charge on any atom is -0.392 e. The standard InChI is InChI=1S/C15H16ClN5O3.ClH/c16-9-3-1-2-8(6-9)10-7-18-4-5-21(10)14(23)12-11(17)13(22)20-15(24)19-12;/h1-3,6,10,18H,4-5,7,17H2,(H2,19,20,22,24);1H. The lowest BCUT2D eigenvalue weighted by molar-refractivity contribution is 0.0628. The maximum atomic E-state index is 12.9. The van der Waals surface area contributed by atoms with E-state index in [-0.39, 0.29) is 29.8 Å². The average Bonchev–Trinajstić information content (AvgIpc) is 2.57. The summed E-state index contributed by atoms with van der Waals surface area (Å²) in [5, 5.41) is 3.78. The molecular weight excluding hydrogens is 369 g/mol. The number of hydrogen-bond donors (Lipinski definition) is 4. The van der Waals surface area contributed by atoms with E-state index in [0.717, 1.165) is 5.56 Å². The Balaban J connectivity index is 0.00000225. The van der Waals surface area contributed by atoms with Crippen molar-refractivity contribution in [3.05, 3.63) is 61.4 Å². The number of halogens is 2. The van der Waals surface area contributed by atoms with Gasteiger partial charge in [0.2, 0.25) is 0 Å². The van der Waals surface area contributed by atoms with Crippen molar-refractivity contribution in [3.8, 4) is 0 Å². The third-order valence-corrected chi connectivity index (χ3v) is 4.17. The molecule has 10 heteroatoms. The summed E-state index contributed by atoms with van der Waals surface area (Å²) in [6.45, 7) is 1.53. The largest absolute Gasteiger partial charge is 0.392 e. The molecule has 0 aliphatic carbocycles. The predicted octanol–water partition coefficient (Wildman–Crippen LogP) is 0.507. The fourth-order valence-electron chi connectivity index (χ4n) is 2.77. The number of nitrogen functional groups attached to an aromatic ring is 1. The summed E-state index contributed by atoms with van der Waals surface area (Å²) in [6, 6.07) is 6.92. The number of aromatic amines is 2. The highest BCUT2D eigenvalue weighted by molar-refractivity contribution is 6.30. The van der Waals surface area contributed by atoms with Crippen molar-refractivity contribution in [2.24, 2.45) is 0 Å². The van der Waals surface area contributed by atoms with Gasteiger partial charge in [-0.1, -0.05) is 23.7 Å². The van der Waals surface area contributed by atoms with E-state index in [1.807, 2.05) is 11.1 Å². The van der Waals surface area contributed by atoms with Crippen LogP contribution in [0.25, 0.3) is 0 Å². The molecule has 0 spiro atoms. The van der Waals surface area contributed by atoms with E-state index in [2.05, 4.69) is 10.3 Å². The molecule has 134 valence electrons. The molecule has 25 heavy (non-hydrogen) atoms. The Morgan fingerprint density at radius 1 is 1.28 bits per heavy atom. The summed E-state index contributed by atoms with van der Waals surface area (Å²) >= 11 is 6.04. The number of carbonyl (C=O) groups is 1. The van der Waals surface area contributed by atoms with Gasteiger partial charge < -0.3 is 20.9 Å². The first-order valence-electron chi connectivity index (χ1n) is 7.36. The monoisotopic (exact) mass is 385 g/mol. The number of carbonyl (C=O) groups excluding carboxylic acids is 1. The summed E-state index contributed by atoms with van der Waals surface area (Å²) in [6.07, 6.45) is 0. The van der Waals surface area contributed by atoms with Crippen molar-refractivity contribution in [1.29, 1.82) is 0 Å². The van der Waals surface area contributed by atoms with Gasteiger partial charge in [0, 0.05) is 24.7 Å². The van der Waals surface area contributed by atoms with Crippen molar-refractivity contribution >= 4 is 35.6 Å². The second kappa shape index (κ2) is 7.73. The molecule has 1 amide bonds. The molecule has 1 aliphatic rings. The summed E-state index contributed by atoms with van der Waals surface area (Å²) in [5.41, 5.74) is 4.47. The van der Waals surface area contributed by atoms with Gasteiger partial charge >= 0.3 is 5.69 Å². The van der Waals surface area contributed by atoms with Crippen LogP contribution in [0, 0.1) is 0 Å². The minimum absolute atomic E-state index is 0. The molecule has 1 aromatic heterocycles. The van der Waals surface area contributed by atoms with Crippen molar-refractivity contribution in [3.63, 3.8) is 0 Å². The lowest BCUT2D eigenvalue weighted by Gasteiger charge is -2.36. The quantitative estimate of drug-likeness (QED) is 0.599. The molecule has 1 fully saturated rings. The van der Waals surface area contributed by atoms with Gasteiger partial charge in [0.05, 0.1) is 6.04 Å². The lowest BCUT2D eigenvalue weighted by atomic mass is 10.0. The Morgan fingerprint density at radius 2 is 2.04 bits per heavy atom. The van der Waals surface area contributed by atoms with Crippen LogP contribution in [0.5, 0.6) is 0 Å². The first-order chi connectivity index (χ1) is 11.5. The Kier molecular flexibility index (Phi) is 5.89. The predicted molar refractivity (Wildman–Crippen MR) is 97.4 cm³/mol. The SMILES string of the molecule is Cl.Nc1c(C(=O)N2CCNCC2c2cccc(Cl)c2)[nH]c(=O)[nH]c1=O.